The van der Waals surface area contributed by atoms with Gasteiger partial charge in [-0.2, -0.15) is 0 Å². The van der Waals surface area contributed by atoms with Crippen molar-refractivity contribution < 1.29 is 0 Å². The molecule has 0 unspecified atom stereocenters. The first-order chi connectivity index (χ1) is 16.2. The van der Waals surface area contributed by atoms with Gasteiger partial charge in [0.25, 0.3) is 0 Å². The van der Waals surface area contributed by atoms with Crippen LogP contribution in [-0.2, 0) is 20.1 Å². The molecule has 0 aliphatic carbocycles. The van der Waals surface area contributed by atoms with Crippen molar-refractivity contribution in [3.8, 4) is 0 Å². The van der Waals surface area contributed by atoms with E-state index in [0.717, 1.165) is 13.1 Å². The van der Waals surface area contributed by atoms with E-state index in [-0.39, 0.29) is 5.92 Å². The minimum atomic E-state index is 0.145. The Morgan fingerprint density at radius 2 is 0.939 bits per heavy atom. The SMILES string of the molecule is CCn1cc(C(c2cn(C)c3ccccc23)c2cn(CC)c3ccccc23)c2ccccc21. The molecule has 0 saturated carbocycles. The van der Waals surface area contributed by atoms with Gasteiger partial charge in [0.05, 0.1) is 0 Å². The molecule has 3 heteroatoms. The molecule has 6 rings (SSSR count). The Kier molecular flexibility index (Phi) is 4.65. The van der Waals surface area contributed by atoms with Crippen molar-refractivity contribution in [2.75, 3.05) is 0 Å². The number of nitrogens with zero attached hydrogens (tertiary/aromatic N) is 3. The first-order valence-corrected chi connectivity index (χ1v) is 11.9. The molecular formula is C30H29N3. The molecule has 3 aromatic carbocycles. The van der Waals surface area contributed by atoms with Gasteiger partial charge < -0.3 is 13.7 Å². The summed E-state index contributed by atoms with van der Waals surface area (Å²) in [5, 5.41) is 4.00. The molecule has 164 valence electrons. The Morgan fingerprint density at radius 1 is 0.545 bits per heavy atom. The van der Waals surface area contributed by atoms with Gasteiger partial charge in [-0.05, 0) is 48.7 Å². The summed E-state index contributed by atoms with van der Waals surface area (Å²) in [6, 6.07) is 26.5. The number of hydrogen-bond donors (Lipinski definition) is 0. The van der Waals surface area contributed by atoms with Crippen LogP contribution in [-0.4, -0.2) is 13.7 Å². The van der Waals surface area contributed by atoms with Crippen LogP contribution in [0.3, 0.4) is 0 Å². The van der Waals surface area contributed by atoms with Gasteiger partial charge in [-0.3, -0.25) is 0 Å². The van der Waals surface area contributed by atoms with Crippen LogP contribution >= 0.6 is 0 Å². The number of aryl methyl sites for hydroxylation is 3. The van der Waals surface area contributed by atoms with Gasteiger partial charge in [0.2, 0.25) is 0 Å². The van der Waals surface area contributed by atoms with E-state index >= 15 is 0 Å². The van der Waals surface area contributed by atoms with Crippen LogP contribution < -0.4 is 0 Å². The number of benzene rings is 3. The van der Waals surface area contributed by atoms with E-state index in [1.54, 1.807) is 0 Å². The average Bonchev–Trinajstić information content (AvgIpc) is 3.52. The third-order valence-corrected chi connectivity index (χ3v) is 7.18. The lowest BCUT2D eigenvalue weighted by molar-refractivity contribution is 0.782. The molecule has 0 spiro atoms. The molecule has 33 heavy (non-hydrogen) atoms. The first kappa shape index (κ1) is 19.9. The standard InChI is InChI=1S/C30H29N3/c1-4-32-19-25(22-13-7-10-16-28(22)32)30(24-18-31(3)27-15-9-6-12-21(24)27)26-20-33(5-2)29-17-11-8-14-23(26)29/h6-20,30H,4-5H2,1-3H3. The number of para-hydroxylation sites is 3. The minimum Gasteiger partial charge on any atom is -0.350 e. The predicted octanol–water partition coefficient (Wildman–Crippen LogP) is 7.31. The van der Waals surface area contributed by atoms with Crippen LogP contribution in [0.15, 0.2) is 91.4 Å². The summed E-state index contributed by atoms with van der Waals surface area (Å²) in [6.07, 6.45) is 7.11. The maximum absolute atomic E-state index is 2.39. The van der Waals surface area contributed by atoms with E-state index in [1.165, 1.54) is 49.4 Å². The van der Waals surface area contributed by atoms with E-state index in [4.69, 9.17) is 0 Å². The molecule has 0 aliphatic rings. The molecule has 0 bridgehead atoms. The normalized spacial score (nSPS) is 12.0. The van der Waals surface area contributed by atoms with Crippen LogP contribution in [0.2, 0.25) is 0 Å². The molecule has 0 saturated heterocycles. The molecule has 0 radical (unpaired) electrons. The molecule has 3 heterocycles. The van der Waals surface area contributed by atoms with Gasteiger partial charge in [-0.25, -0.2) is 0 Å². The fraction of sp³-hybridized carbons (Fsp3) is 0.200. The maximum Gasteiger partial charge on any atom is 0.0483 e. The Morgan fingerprint density at radius 3 is 1.42 bits per heavy atom. The average molecular weight is 432 g/mol. The number of fused-ring (bicyclic) bond motifs is 3. The summed E-state index contributed by atoms with van der Waals surface area (Å²) in [7, 11) is 2.16. The van der Waals surface area contributed by atoms with Gasteiger partial charge in [-0.1, -0.05) is 54.6 Å². The summed E-state index contributed by atoms with van der Waals surface area (Å²) in [6.45, 7) is 6.37. The van der Waals surface area contributed by atoms with E-state index in [2.05, 4.69) is 126 Å². The van der Waals surface area contributed by atoms with Crippen molar-refractivity contribution in [1.82, 2.24) is 13.7 Å². The number of hydrogen-bond acceptors (Lipinski definition) is 0. The fourth-order valence-corrected chi connectivity index (χ4v) is 5.64. The maximum atomic E-state index is 2.39. The van der Waals surface area contributed by atoms with E-state index < -0.39 is 0 Å². The van der Waals surface area contributed by atoms with Gasteiger partial charge in [0, 0.05) is 77.4 Å². The largest absolute Gasteiger partial charge is 0.350 e. The second kappa shape index (κ2) is 7.70. The zero-order chi connectivity index (χ0) is 22.5. The third kappa shape index (κ3) is 2.96. The molecule has 3 nitrogen and oxygen atoms in total. The summed E-state index contributed by atoms with van der Waals surface area (Å²) >= 11 is 0. The van der Waals surface area contributed by atoms with E-state index in [9.17, 15) is 0 Å². The number of rotatable bonds is 5. The lowest BCUT2D eigenvalue weighted by atomic mass is 9.84. The first-order valence-electron chi connectivity index (χ1n) is 11.9. The monoisotopic (exact) mass is 431 g/mol. The molecular weight excluding hydrogens is 402 g/mol. The Bertz CT molecular complexity index is 1530. The highest BCUT2D eigenvalue weighted by molar-refractivity contribution is 5.93. The second-order valence-corrected chi connectivity index (χ2v) is 8.92. The molecule has 0 amide bonds. The molecule has 0 N–H and O–H groups in total. The van der Waals surface area contributed by atoms with Crippen LogP contribution in [0.25, 0.3) is 32.7 Å². The summed E-state index contributed by atoms with van der Waals surface area (Å²) < 4.78 is 7.05. The highest BCUT2D eigenvalue weighted by atomic mass is 15.0. The van der Waals surface area contributed by atoms with Crippen molar-refractivity contribution >= 4 is 32.7 Å². The van der Waals surface area contributed by atoms with Gasteiger partial charge >= 0.3 is 0 Å². The van der Waals surface area contributed by atoms with Crippen molar-refractivity contribution in [2.45, 2.75) is 32.9 Å². The second-order valence-electron chi connectivity index (χ2n) is 8.92. The lowest BCUT2D eigenvalue weighted by Crippen LogP contribution is -2.03. The zero-order valence-corrected chi connectivity index (χ0v) is 19.5. The molecule has 6 aromatic rings. The van der Waals surface area contributed by atoms with Gasteiger partial charge in [-0.15, -0.1) is 0 Å². The molecule has 0 aliphatic heterocycles. The van der Waals surface area contributed by atoms with Crippen LogP contribution in [0.5, 0.6) is 0 Å². The highest BCUT2D eigenvalue weighted by Crippen LogP contribution is 2.43. The van der Waals surface area contributed by atoms with Crippen LogP contribution in [0, 0.1) is 0 Å². The molecule has 3 aromatic heterocycles. The smallest absolute Gasteiger partial charge is 0.0483 e. The zero-order valence-electron chi connectivity index (χ0n) is 19.5. The Balaban J connectivity index is 1.74. The van der Waals surface area contributed by atoms with Crippen molar-refractivity contribution in [1.29, 1.82) is 0 Å². The van der Waals surface area contributed by atoms with Crippen molar-refractivity contribution in [3.63, 3.8) is 0 Å². The molecule has 0 atom stereocenters. The van der Waals surface area contributed by atoms with Crippen molar-refractivity contribution in [3.05, 3.63) is 108 Å². The molecule has 0 fully saturated rings. The summed E-state index contributed by atoms with van der Waals surface area (Å²) in [4.78, 5) is 0. The van der Waals surface area contributed by atoms with Crippen molar-refractivity contribution in [2.24, 2.45) is 7.05 Å². The lowest BCUT2D eigenvalue weighted by Gasteiger charge is -2.17. The summed E-state index contributed by atoms with van der Waals surface area (Å²) in [5.41, 5.74) is 8.01. The van der Waals surface area contributed by atoms with Gasteiger partial charge in [0.15, 0.2) is 0 Å². The fourth-order valence-electron chi connectivity index (χ4n) is 5.64. The third-order valence-electron chi connectivity index (χ3n) is 7.18. The van der Waals surface area contributed by atoms with Crippen LogP contribution in [0.4, 0.5) is 0 Å². The van der Waals surface area contributed by atoms with Crippen LogP contribution in [0.1, 0.15) is 36.5 Å². The predicted molar refractivity (Wildman–Crippen MR) is 139 cm³/mol. The number of aromatic nitrogens is 3. The van der Waals surface area contributed by atoms with E-state index in [0.29, 0.717) is 0 Å². The summed E-state index contributed by atoms with van der Waals surface area (Å²) in [5.74, 6) is 0.145. The topological polar surface area (TPSA) is 14.8 Å². The van der Waals surface area contributed by atoms with E-state index in [1.807, 2.05) is 0 Å². The highest BCUT2D eigenvalue weighted by Gasteiger charge is 2.27. The van der Waals surface area contributed by atoms with Gasteiger partial charge in [0.1, 0.15) is 0 Å². The Labute approximate surface area is 194 Å². The Hall–Kier alpha value is -3.72. The quantitative estimate of drug-likeness (QED) is 0.272. The minimum absolute atomic E-state index is 0.145.